The van der Waals surface area contributed by atoms with E-state index in [0.717, 1.165) is 17.5 Å². The number of aliphatic hydroxyl groups is 1. The van der Waals surface area contributed by atoms with Crippen molar-refractivity contribution in [1.29, 1.82) is 0 Å². The number of aliphatic hydroxyl groups excluding tert-OH is 1. The fraction of sp³-hybridized carbons (Fsp3) is 0.244. The van der Waals surface area contributed by atoms with E-state index in [4.69, 9.17) is 4.74 Å². The van der Waals surface area contributed by atoms with E-state index >= 15 is 0 Å². The van der Waals surface area contributed by atoms with Gasteiger partial charge in [0.25, 0.3) is 23.6 Å². The number of benzene rings is 5. The summed E-state index contributed by atoms with van der Waals surface area (Å²) in [5.74, 6) is -0.903. The highest BCUT2D eigenvalue weighted by Crippen LogP contribution is 2.31. The molecule has 2 aliphatic heterocycles. The molecule has 1 N–H and O–H groups in total. The molecule has 4 amide bonds. The first-order chi connectivity index (χ1) is 27.5. The summed E-state index contributed by atoms with van der Waals surface area (Å²) >= 11 is 0. The van der Waals surface area contributed by atoms with Crippen molar-refractivity contribution in [3.8, 4) is 11.5 Å². The molecule has 12 heteroatoms. The van der Waals surface area contributed by atoms with E-state index in [9.17, 15) is 37.5 Å². The molecule has 0 radical (unpaired) electrons. The van der Waals surface area contributed by atoms with Gasteiger partial charge in [-0.15, -0.1) is 13.2 Å². The topological polar surface area (TPSA) is 113 Å². The molecule has 7 rings (SSSR count). The standard InChI is InChI=1S/C26H22F3NO4.C19H19NO3/c27-26(28,29)34-20-15-13-19(14-16-20)33-23(18-8-2-1-3-9-18)12-6-7-17-30-24(31)21-10-4-5-11-22(21)25(30)32;21-17(14-8-2-1-3-9-14)12-6-7-13-20-18(22)15-10-4-5-11-16(15)19(20)23/h1-5,8-11,13-16,23H,6-7,12,17H2;1-5,8-11,17,21H,6-7,12-13H2/t23-;17-/m10/s1. The molecule has 9 nitrogen and oxygen atoms in total. The normalized spacial score (nSPS) is 14.5. The summed E-state index contributed by atoms with van der Waals surface area (Å²) in [5, 5.41) is 10.1. The monoisotopic (exact) mass is 778 g/mol. The van der Waals surface area contributed by atoms with Crippen molar-refractivity contribution in [3.63, 3.8) is 0 Å². The third-order valence-electron chi connectivity index (χ3n) is 9.66. The van der Waals surface area contributed by atoms with Gasteiger partial charge in [-0.1, -0.05) is 84.9 Å². The van der Waals surface area contributed by atoms with Crippen molar-refractivity contribution >= 4 is 23.6 Å². The lowest BCUT2D eigenvalue weighted by Gasteiger charge is -2.21. The van der Waals surface area contributed by atoms with Gasteiger partial charge < -0.3 is 14.6 Å². The molecular formula is C45H41F3N2O7. The highest BCUT2D eigenvalue weighted by atomic mass is 19.4. The number of fused-ring (bicyclic) bond motifs is 2. The molecule has 2 aliphatic rings. The molecule has 294 valence electrons. The third kappa shape index (κ3) is 10.3. The molecule has 2 atom stereocenters. The Morgan fingerprint density at radius 2 is 0.877 bits per heavy atom. The SMILES string of the molecule is O=C1c2ccccc2C(=O)N1CCCC[C@@H](Oc1ccc(OC(F)(F)F)cc1)c1ccccc1.O=C1c2ccccc2C(=O)N1CCCC[C@H](O)c1ccccc1. The third-order valence-corrected chi connectivity index (χ3v) is 9.66. The molecule has 2 heterocycles. The van der Waals surface area contributed by atoms with E-state index in [1.807, 2.05) is 60.7 Å². The lowest BCUT2D eigenvalue weighted by atomic mass is 10.0. The summed E-state index contributed by atoms with van der Waals surface area (Å²) in [4.78, 5) is 52.0. The van der Waals surface area contributed by atoms with Crippen molar-refractivity contribution < 1.29 is 46.9 Å². The fourth-order valence-electron chi connectivity index (χ4n) is 6.78. The maximum Gasteiger partial charge on any atom is 0.573 e. The Labute approximate surface area is 328 Å². The number of hydrogen-bond acceptors (Lipinski definition) is 7. The number of nitrogens with zero attached hydrogens (tertiary/aromatic N) is 2. The number of ether oxygens (including phenoxy) is 2. The predicted molar refractivity (Wildman–Crippen MR) is 206 cm³/mol. The molecule has 0 aliphatic carbocycles. The molecule has 5 aromatic rings. The fourth-order valence-corrected chi connectivity index (χ4v) is 6.78. The first kappa shape index (κ1) is 40.4. The maximum absolute atomic E-state index is 12.5. The van der Waals surface area contributed by atoms with Crippen LogP contribution in [0.1, 0.15) is 103 Å². The highest BCUT2D eigenvalue weighted by Gasteiger charge is 2.36. The minimum absolute atomic E-state index is 0.214. The molecule has 0 aromatic heterocycles. The van der Waals surface area contributed by atoms with Gasteiger partial charge in [-0.2, -0.15) is 0 Å². The van der Waals surface area contributed by atoms with Gasteiger partial charge in [-0.25, -0.2) is 0 Å². The number of amides is 4. The van der Waals surface area contributed by atoms with Crippen molar-refractivity contribution in [2.24, 2.45) is 0 Å². The maximum atomic E-state index is 12.5. The van der Waals surface area contributed by atoms with Gasteiger partial charge in [0.1, 0.15) is 17.6 Å². The Balaban J connectivity index is 0.000000208. The number of carbonyl (C=O) groups is 4. The lowest BCUT2D eigenvalue weighted by molar-refractivity contribution is -0.274. The van der Waals surface area contributed by atoms with Crippen LogP contribution in [0.2, 0.25) is 0 Å². The summed E-state index contributed by atoms with van der Waals surface area (Å²) in [6, 6.07) is 37.9. The smallest absolute Gasteiger partial charge is 0.486 e. The molecule has 57 heavy (non-hydrogen) atoms. The predicted octanol–water partition coefficient (Wildman–Crippen LogP) is 9.36. The summed E-state index contributed by atoms with van der Waals surface area (Å²) < 4.78 is 47.1. The minimum Gasteiger partial charge on any atom is -0.486 e. The molecule has 0 fully saturated rings. The number of halogens is 3. The first-order valence-electron chi connectivity index (χ1n) is 18.7. The molecule has 0 saturated carbocycles. The number of carbonyl (C=O) groups excluding carboxylic acids is 4. The second-order valence-electron chi connectivity index (χ2n) is 13.6. The van der Waals surface area contributed by atoms with Crippen LogP contribution in [0.15, 0.2) is 133 Å². The minimum atomic E-state index is -4.76. The number of hydrogen-bond donors (Lipinski definition) is 1. The summed E-state index contributed by atoms with van der Waals surface area (Å²) in [5.41, 5.74) is 3.64. The van der Waals surface area contributed by atoms with E-state index < -0.39 is 12.5 Å². The van der Waals surface area contributed by atoms with Crippen LogP contribution in [0.5, 0.6) is 11.5 Å². The zero-order valence-electron chi connectivity index (χ0n) is 30.9. The average Bonchev–Trinajstić information content (AvgIpc) is 3.61. The average molecular weight is 779 g/mol. The number of unbranched alkanes of at least 4 members (excludes halogenated alkanes) is 2. The zero-order chi connectivity index (χ0) is 40.4. The number of alkyl halides is 3. The molecule has 5 aromatic carbocycles. The molecule has 0 unspecified atom stereocenters. The second-order valence-corrected chi connectivity index (χ2v) is 13.6. The Morgan fingerprint density at radius 3 is 1.32 bits per heavy atom. The van der Waals surface area contributed by atoms with Crippen LogP contribution < -0.4 is 9.47 Å². The Kier molecular flexibility index (Phi) is 13.2. The van der Waals surface area contributed by atoms with Gasteiger partial charge >= 0.3 is 6.36 Å². The summed E-state index contributed by atoms with van der Waals surface area (Å²) in [7, 11) is 0. The zero-order valence-corrected chi connectivity index (χ0v) is 30.9. The van der Waals surface area contributed by atoms with Crippen LogP contribution in [0, 0.1) is 0 Å². The van der Waals surface area contributed by atoms with Crippen LogP contribution in [-0.4, -0.2) is 58.0 Å². The Bertz CT molecular complexity index is 2090. The van der Waals surface area contributed by atoms with Crippen molar-refractivity contribution in [1.82, 2.24) is 9.80 Å². The molecule has 0 saturated heterocycles. The lowest BCUT2D eigenvalue weighted by Crippen LogP contribution is -2.30. The van der Waals surface area contributed by atoms with Gasteiger partial charge in [-0.05, 0) is 98.2 Å². The van der Waals surface area contributed by atoms with E-state index in [0.29, 0.717) is 73.2 Å². The summed E-state index contributed by atoms with van der Waals surface area (Å²) in [6.07, 6.45) is -1.69. The number of rotatable bonds is 15. The summed E-state index contributed by atoms with van der Waals surface area (Å²) in [6.45, 7) is 0.700. The van der Waals surface area contributed by atoms with Crippen LogP contribution in [-0.2, 0) is 0 Å². The first-order valence-corrected chi connectivity index (χ1v) is 18.7. The largest absolute Gasteiger partial charge is 0.573 e. The number of imide groups is 2. The van der Waals surface area contributed by atoms with Gasteiger partial charge in [0.05, 0.1) is 28.4 Å². The highest BCUT2D eigenvalue weighted by molar-refractivity contribution is 6.22. The van der Waals surface area contributed by atoms with E-state index in [-0.39, 0.29) is 35.5 Å². The van der Waals surface area contributed by atoms with Crippen LogP contribution >= 0.6 is 0 Å². The van der Waals surface area contributed by atoms with E-state index in [1.54, 1.807) is 48.5 Å². The van der Waals surface area contributed by atoms with Gasteiger partial charge in [-0.3, -0.25) is 29.0 Å². The van der Waals surface area contributed by atoms with E-state index in [1.165, 1.54) is 34.1 Å². The van der Waals surface area contributed by atoms with Crippen LogP contribution in [0.4, 0.5) is 13.2 Å². The molecule has 0 bridgehead atoms. The Morgan fingerprint density at radius 1 is 0.491 bits per heavy atom. The quantitative estimate of drug-likeness (QED) is 0.0833. The molecule has 0 spiro atoms. The van der Waals surface area contributed by atoms with Crippen molar-refractivity contribution in [3.05, 3.63) is 167 Å². The van der Waals surface area contributed by atoms with Crippen LogP contribution in [0.3, 0.4) is 0 Å². The van der Waals surface area contributed by atoms with Gasteiger partial charge in [0.2, 0.25) is 0 Å². The second kappa shape index (κ2) is 18.6. The van der Waals surface area contributed by atoms with Crippen molar-refractivity contribution in [2.45, 2.75) is 57.1 Å². The van der Waals surface area contributed by atoms with Gasteiger partial charge in [0, 0.05) is 13.1 Å². The van der Waals surface area contributed by atoms with Gasteiger partial charge in [0.15, 0.2) is 0 Å². The molecular weight excluding hydrogens is 737 g/mol. The Hall–Kier alpha value is -6.27. The van der Waals surface area contributed by atoms with Crippen LogP contribution in [0.25, 0.3) is 0 Å². The van der Waals surface area contributed by atoms with E-state index in [2.05, 4.69) is 4.74 Å². The van der Waals surface area contributed by atoms with Crippen molar-refractivity contribution in [2.75, 3.05) is 13.1 Å².